The van der Waals surface area contributed by atoms with Gasteiger partial charge in [-0.15, -0.1) is 0 Å². The summed E-state index contributed by atoms with van der Waals surface area (Å²) in [6.07, 6.45) is 4.15. The highest BCUT2D eigenvalue weighted by molar-refractivity contribution is 5.23. The van der Waals surface area contributed by atoms with Crippen molar-refractivity contribution < 1.29 is 0 Å². The zero-order valence-corrected chi connectivity index (χ0v) is 11.8. The average Bonchev–Trinajstić information content (AvgIpc) is 2.38. The second kappa shape index (κ2) is 6.91. The lowest BCUT2D eigenvalue weighted by molar-refractivity contribution is 0.221. The molecule has 0 unspecified atom stereocenters. The molecule has 0 spiro atoms. The molecule has 0 saturated carbocycles. The minimum Gasteiger partial charge on any atom is -0.310 e. The maximum atomic E-state index is 3.48. The van der Waals surface area contributed by atoms with Gasteiger partial charge in [0, 0.05) is 19.1 Å². The van der Waals surface area contributed by atoms with E-state index in [4.69, 9.17) is 0 Å². The van der Waals surface area contributed by atoms with Gasteiger partial charge >= 0.3 is 0 Å². The van der Waals surface area contributed by atoms with E-state index in [0.717, 1.165) is 13.1 Å². The van der Waals surface area contributed by atoms with Gasteiger partial charge in [-0.2, -0.15) is 0 Å². The molecule has 0 bridgehead atoms. The molecule has 0 atom stereocenters. The quantitative estimate of drug-likeness (QED) is 0.858. The number of hydrogen-bond acceptors (Lipinski definition) is 2. The molecule has 18 heavy (non-hydrogen) atoms. The molecule has 0 radical (unpaired) electrons. The lowest BCUT2D eigenvalue weighted by Crippen LogP contribution is -2.29. The third-order valence-corrected chi connectivity index (χ3v) is 3.56. The van der Waals surface area contributed by atoms with E-state index in [9.17, 15) is 0 Å². The first-order valence-corrected chi connectivity index (χ1v) is 7.27. The summed E-state index contributed by atoms with van der Waals surface area (Å²) in [6.45, 7) is 9.03. The number of benzene rings is 1. The Morgan fingerprint density at radius 1 is 1.11 bits per heavy atom. The molecule has 1 aliphatic rings. The third-order valence-electron chi connectivity index (χ3n) is 3.56. The van der Waals surface area contributed by atoms with Gasteiger partial charge in [0.2, 0.25) is 0 Å². The van der Waals surface area contributed by atoms with Crippen molar-refractivity contribution in [1.82, 2.24) is 10.2 Å². The van der Waals surface area contributed by atoms with E-state index < -0.39 is 0 Å². The van der Waals surface area contributed by atoms with Gasteiger partial charge in [-0.1, -0.05) is 44.5 Å². The fourth-order valence-corrected chi connectivity index (χ4v) is 2.54. The first-order valence-electron chi connectivity index (χ1n) is 7.27. The van der Waals surface area contributed by atoms with Crippen LogP contribution in [0, 0.1) is 0 Å². The Bertz CT molecular complexity index is 354. The first kappa shape index (κ1) is 13.6. The van der Waals surface area contributed by atoms with Gasteiger partial charge in [0.05, 0.1) is 0 Å². The Morgan fingerprint density at radius 3 is 2.56 bits per heavy atom. The summed E-state index contributed by atoms with van der Waals surface area (Å²) in [4.78, 5) is 2.58. The van der Waals surface area contributed by atoms with Crippen LogP contribution < -0.4 is 5.32 Å². The van der Waals surface area contributed by atoms with Crippen LogP contribution in [0.15, 0.2) is 24.3 Å². The lowest BCUT2D eigenvalue weighted by atomic mass is 10.1. The number of hydrogen-bond donors (Lipinski definition) is 1. The molecule has 2 heteroatoms. The summed E-state index contributed by atoms with van der Waals surface area (Å²) < 4.78 is 0. The largest absolute Gasteiger partial charge is 0.310 e. The van der Waals surface area contributed by atoms with Gasteiger partial charge in [0.25, 0.3) is 0 Å². The predicted molar refractivity (Wildman–Crippen MR) is 77.5 cm³/mol. The third kappa shape index (κ3) is 4.43. The molecule has 0 aromatic heterocycles. The van der Waals surface area contributed by atoms with Crippen LogP contribution in [0.25, 0.3) is 0 Å². The van der Waals surface area contributed by atoms with Crippen LogP contribution in [0.1, 0.15) is 44.2 Å². The van der Waals surface area contributed by atoms with Crippen LogP contribution in [0.5, 0.6) is 0 Å². The molecule has 100 valence electrons. The zero-order chi connectivity index (χ0) is 12.8. The van der Waals surface area contributed by atoms with E-state index in [1.165, 1.54) is 43.5 Å². The number of rotatable bonds is 5. The molecule has 2 rings (SSSR count). The summed E-state index contributed by atoms with van der Waals surface area (Å²) in [5.41, 5.74) is 2.86. The second-order valence-electron chi connectivity index (χ2n) is 5.69. The monoisotopic (exact) mass is 246 g/mol. The van der Waals surface area contributed by atoms with E-state index in [1.807, 2.05) is 0 Å². The van der Waals surface area contributed by atoms with Gasteiger partial charge in [-0.25, -0.2) is 0 Å². The van der Waals surface area contributed by atoms with E-state index in [-0.39, 0.29) is 0 Å². The van der Waals surface area contributed by atoms with Crippen molar-refractivity contribution in [3.63, 3.8) is 0 Å². The fraction of sp³-hybridized carbons (Fsp3) is 0.625. The molecule has 1 saturated heterocycles. The van der Waals surface area contributed by atoms with E-state index in [0.29, 0.717) is 6.04 Å². The molecule has 1 aromatic rings. The molecular weight excluding hydrogens is 220 g/mol. The molecule has 0 amide bonds. The Hall–Kier alpha value is -0.860. The summed E-state index contributed by atoms with van der Waals surface area (Å²) in [6, 6.07) is 9.57. The molecule has 1 N–H and O–H groups in total. The van der Waals surface area contributed by atoms with Crippen LogP contribution in [0.4, 0.5) is 0 Å². The fourth-order valence-electron chi connectivity index (χ4n) is 2.54. The van der Waals surface area contributed by atoms with E-state index >= 15 is 0 Å². The lowest BCUT2D eigenvalue weighted by Gasteiger charge is -2.26. The molecule has 1 heterocycles. The van der Waals surface area contributed by atoms with Crippen molar-refractivity contribution in [2.24, 2.45) is 0 Å². The van der Waals surface area contributed by atoms with Crippen LogP contribution >= 0.6 is 0 Å². The highest BCUT2D eigenvalue weighted by atomic mass is 15.1. The maximum Gasteiger partial charge on any atom is 0.0233 e. The highest BCUT2D eigenvalue weighted by Gasteiger charge is 2.10. The van der Waals surface area contributed by atoms with Crippen LogP contribution in [0.3, 0.4) is 0 Å². The summed E-state index contributed by atoms with van der Waals surface area (Å²) in [7, 11) is 0. The van der Waals surface area contributed by atoms with Gasteiger partial charge in [0.1, 0.15) is 0 Å². The molecule has 0 aliphatic carbocycles. The maximum absolute atomic E-state index is 3.48. The molecule has 1 fully saturated rings. The molecule has 1 aromatic carbocycles. The Morgan fingerprint density at radius 2 is 1.83 bits per heavy atom. The second-order valence-corrected chi connectivity index (χ2v) is 5.69. The van der Waals surface area contributed by atoms with Crippen molar-refractivity contribution in [1.29, 1.82) is 0 Å². The molecule has 1 aliphatic heterocycles. The normalized spacial score (nSPS) is 17.3. The van der Waals surface area contributed by atoms with E-state index in [1.54, 1.807) is 0 Å². The van der Waals surface area contributed by atoms with Gasteiger partial charge in [-0.05, 0) is 37.1 Å². The van der Waals surface area contributed by atoms with Crippen molar-refractivity contribution in [2.45, 2.75) is 52.2 Å². The SMILES string of the molecule is CC(C)NCc1cccc(CN2CCCCC2)c1. The van der Waals surface area contributed by atoms with Crippen molar-refractivity contribution in [3.8, 4) is 0 Å². The molecular formula is C16H26N2. The summed E-state index contributed by atoms with van der Waals surface area (Å²) in [5, 5.41) is 3.48. The average molecular weight is 246 g/mol. The smallest absolute Gasteiger partial charge is 0.0233 e. The Balaban J connectivity index is 1.89. The van der Waals surface area contributed by atoms with Gasteiger partial charge in [-0.3, -0.25) is 4.90 Å². The van der Waals surface area contributed by atoms with Crippen molar-refractivity contribution in [2.75, 3.05) is 13.1 Å². The van der Waals surface area contributed by atoms with Gasteiger partial charge < -0.3 is 5.32 Å². The number of nitrogens with zero attached hydrogens (tertiary/aromatic N) is 1. The summed E-state index contributed by atoms with van der Waals surface area (Å²) >= 11 is 0. The van der Waals surface area contributed by atoms with Crippen molar-refractivity contribution >= 4 is 0 Å². The van der Waals surface area contributed by atoms with Crippen molar-refractivity contribution in [3.05, 3.63) is 35.4 Å². The van der Waals surface area contributed by atoms with Crippen LogP contribution in [-0.4, -0.2) is 24.0 Å². The minimum atomic E-state index is 0.552. The number of likely N-dealkylation sites (tertiary alicyclic amines) is 1. The summed E-state index contributed by atoms with van der Waals surface area (Å²) in [5.74, 6) is 0. The van der Waals surface area contributed by atoms with Gasteiger partial charge in [0.15, 0.2) is 0 Å². The van der Waals surface area contributed by atoms with E-state index in [2.05, 4.69) is 48.3 Å². The number of piperidine rings is 1. The minimum absolute atomic E-state index is 0.552. The predicted octanol–water partition coefficient (Wildman–Crippen LogP) is 3.17. The number of nitrogens with one attached hydrogen (secondary N) is 1. The zero-order valence-electron chi connectivity index (χ0n) is 11.8. The highest BCUT2D eigenvalue weighted by Crippen LogP contribution is 2.14. The Kier molecular flexibility index (Phi) is 5.21. The Labute approximate surface area is 111 Å². The van der Waals surface area contributed by atoms with Crippen LogP contribution in [0.2, 0.25) is 0 Å². The molecule has 2 nitrogen and oxygen atoms in total. The van der Waals surface area contributed by atoms with Crippen LogP contribution in [-0.2, 0) is 13.1 Å². The first-order chi connectivity index (χ1) is 8.74. The standard InChI is InChI=1S/C16H26N2/c1-14(2)17-12-15-7-6-8-16(11-15)13-18-9-4-3-5-10-18/h6-8,11,14,17H,3-5,9-10,12-13H2,1-2H3. The topological polar surface area (TPSA) is 15.3 Å².